The highest BCUT2D eigenvalue weighted by Crippen LogP contribution is 2.22. The molecule has 10 heavy (non-hydrogen) atoms. The van der Waals surface area contributed by atoms with Crippen molar-refractivity contribution in [2.45, 2.75) is 20.3 Å². The molecule has 0 aromatic rings. The Bertz CT molecular complexity index is 114. The van der Waals surface area contributed by atoms with Gasteiger partial charge in [-0.25, -0.2) is 0 Å². The van der Waals surface area contributed by atoms with E-state index < -0.39 is 0 Å². The standard InChI is InChI=1S/C8H16O2/c1-7(2)4-8(3,5-9)6-10/h9-10H,1,4-6H2,2-3H3. The quantitative estimate of drug-likeness (QED) is 0.576. The van der Waals surface area contributed by atoms with Crippen molar-refractivity contribution in [3.05, 3.63) is 12.2 Å². The van der Waals surface area contributed by atoms with Crippen molar-refractivity contribution in [3.63, 3.8) is 0 Å². The summed E-state index contributed by atoms with van der Waals surface area (Å²) in [6.07, 6.45) is 0.681. The topological polar surface area (TPSA) is 40.5 Å². The van der Waals surface area contributed by atoms with Gasteiger partial charge in [0.2, 0.25) is 0 Å². The third-order valence-electron chi connectivity index (χ3n) is 1.49. The van der Waals surface area contributed by atoms with Crippen LogP contribution in [0.15, 0.2) is 12.2 Å². The molecule has 0 spiro atoms. The van der Waals surface area contributed by atoms with Crippen molar-refractivity contribution >= 4 is 0 Å². The van der Waals surface area contributed by atoms with Gasteiger partial charge in [-0.15, -0.1) is 6.58 Å². The molecule has 60 valence electrons. The number of aliphatic hydroxyl groups is 2. The van der Waals surface area contributed by atoms with E-state index in [0.29, 0.717) is 6.42 Å². The van der Waals surface area contributed by atoms with E-state index in [1.807, 2.05) is 13.8 Å². The summed E-state index contributed by atoms with van der Waals surface area (Å²) in [6.45, 7) is 7.46. The fraction of sp³-hybridized carbons (Fsp3) is 0.750. The number of hydrogen-bond donors (Lipinski definition) is 2. The van der Waals surface area contributed by atoms with Gasteiger partial charge in [0.15, 0.2) is 0 Å². The van der Waals surface area contributed by atoms with E-state index in [-0.39, 0.29) is 18.6 Å². The molecule has 0 radical (unpaired) electrons. The Kier molecular flexibility index (Phi) is 3.61. The highest BCUT2D eigenvalue weighted by Gasteiger charge is 2.21. The Morgan fingerprint density at radius 1 is 1.40 bits per heavy atom. The summed E-state index contributed by atoms with van der Waals surface area (Å²) in [4.78, 5) is 0. The van der Waals surface area contributed by atoms with Crippen LogP contribution in [-0.4, -0.2) is 23.4 Å². The van der Waals surface area contributed by atoms with Crippen molar-refractivity contribution in [3.8, 4) is 0 Å². The molecule has 0 amide bonds. The number of hydrogen-bond acceptors (Lipinski definition) is 2. The minimum Gasteiger partial charge on any atom is -0.396 e. The zero-order valence-electron chi connectivity index (χ0n) is 6.72. The lowest BCUT2D eigenvalue weighted by Gasteiger charge is -2.24. The van der Waals surface area contributed by atoms with Gasteiger partial charge >= 0.3 is 0 Å². The summed E-state index contributed by atoms with van der Waals surface area (Å²) in [5.74, 6) is 0. The molecule has 2 heteroatoms. The summed E-state index contributed by atoms with van der Waals surface area (Å²) in [5, 5.41) is 17.7. The second-order valence-electron chi connectivity index (χ2n) is 3.26. The van der Waals surface area contributed by atoms with Crippen LogP contribution < -0.4 is 0 Å². The fourth-order valence-electron chi connectivity index (χ4n) is 0.890. The van der Waals surface area contributed by atoms with E-state index in [1.54, 1.807) is 0 Å². The van der Waals surface area contributed by atoms with Crippen LogP contribution >= 0.6 is 0 Å². The molecule has 0 aliphatic carbocycles. The Labute approximate surface area is 62.2 Å². The number of allylic oxidation sites excluding steroid dienone is 1. The van der Waals surface area contributed by atoms with Gasteiger partial charge in [0.25, 0.3) is 0 Å². The Morgan fingerprint density at radius 2 is 1.80 bits per heavy atom. The average Bonchev–Trinajstić information content (AvgIpc) is 1.87. The highest BCUT2D eigenvalue weighted by atomic mass is 16.3. The Hall–Kier alpha value is -0.340. The maximum atomic E-state index is 8.83. The first-order chi connectivity index (χ1) is 4.54. The van der Waals surface area contributed by atoms with Crippen molar-refractivity contribution < 1.29 is 10.2 Å². The van der Waals surface area contributed by atoms with Crippen LogP contribution in [0.2, 0.25) is 0 Å². The van der Waals surface area contributed by atoms with Crippen LogP contribution in [0.25, 0.3) is 0 Å². The first kappa shape index (κ1) is 9.66. The molecule has 0 unspecified atom stereocenters. The molecule has 2 nitrogen and oxygen atoms in total. The molecule has 0 saturated heterocycles. The number of rotatable bonds is 4. The van der Waals surface area contributed by atoms with Gasteiger partial charge in [-0.3, -0.25) is 0 Å². The second-order valence-corrected chi connectivity index (χ2v) is 3.26. The molecule has 0 rings (SSSR count). The van der Waals surface area contributed by atoms with E-state index in [2.05, 4.69) is 6.58 Å². The largest absolute Gasteiger partial charge is 0.396 e. The van der Waals surface area contributed by atoms with Crippen molar-refractivity contribution in [2.75, 3.05) is 13.2 Å². The summed E-state index contributed by atoms with van der Waals surface area (Å²) < 4.78 is 0. The van der Waals surface area contributed by atoms with E-state index in [9.17, 15) is 0 Å². The summed E-state index contributed by atoms with van der Waals surface area (Å²) in [7, 11) is 0. The van der Waals surface area contributed by atoms with Gasteiger partial charge in [-0.1, -0.05) is 12.5 Å². The van der Waals surface area contributed by atoms with E-state index in [4.69, 9.17) is 10.2 Å². The first-order valence-corrected chi connectivity index (χ1v) is 3.40. The minimum absolute atomic E-state index is 0.0103. The smallest absolute Gasteiger partial charge is 0.0509 e. The Balaban J connectivity index is 3.92. The van der Waals surface area contributed by atoms with E-state index in [0.717, 1.165) is 5.57 Å². The van der Waals surface area contributed by atoms with Crippen LogP contribution in [-0.2, 0) is 0 Å². The zero-order valence-corrected chi connectivity index (χ0v) is 6.72. The van der Waals surface area contributed by atoms with Crippen LogP contribution in [0, 0.1) is 5.41 Å². The fourth-order valence-corrected chi connectivity index (χ4v) is 0.890. The van der Waals surface area contributed by atoms with Crippen LogP contribution in [0.5, 0.6) is 0 Å². The maximum Gasteiger partial charge on any atom is 0.0509 e. The second kappa shape index (κ2) is 3.74. The normalized spacial score (nSPS) is 11.6. The van der Waals surface area contributed by atoms with Gasteiger partial charge < -0.3 is 10.2 Å². The van der Waals surface area contributed by atoms with Crippen molar-refractivity contribution in [1.29, 1.82) is 0 Å². The molecule has 0 saturated carbocycles. The maximum absolute atomic E-state index is 8.83. The molecule has 0 aromatic heterocycles. The lowest BCUT2D eigenvalue weighted by atomic mass is 9.86. The van der Waals surface area contributed by atoms with Gasteiger partial charge in [-0.05, 0) is 13.3 Å². The van der Waals surface area contributed by atoms with Gasteiger partial charge in [0, 0.05) is 5.41 Å². The predicted octanol–water partition coefficient (Wildman–Crippen LogP) is 0.944. The summed E-state index contributed by atoms with van der Waals surface area (Å²) in [6, 6.07) is 0. The van der Waals surface area contributed by atoms with Crippen LogP contribution in [0.4, 0.5) is 0 Å². The minimum atomic E-state index is -0.383. The first-order valence-electron chi connectivity index (χ1n) is 3.40. The molecule has 2 N–H and O–H groups in total. The summed E-state index contributed by atoms with van der Waals surface area (Å²) in [5.41, 5.74) is 0.608. The third kappa shape index (κ3) is 2.99. The lowest BCUT2D eigenvalue weighted by Crippen LogP contribution is -2.25. The van der Waals surface area contributed by atoms with Gasteiger partial charge in [0.1, 0.15) is 0 Å². The summed E-state index contributed by atoms with van der Waals surface area (Å²) >= 11 is 0. The third-order valence-corrected chi connectivity index (χ3v) is 1.49. The molecule has 0 heterocycles. The lowest BCUT2D eigenvalue weighted by molar-refractivity contribution is 0.0705. The molecule has 0 bridgehead atoms. The molecule has 0 aliphatic heterocycles. The van der Waals surface area contributed by atoms with Crippen molar-refractivity contribution in [1.82, 2.24) is 0 Å². The average molecular weight is 144 g/mol. The molecular formula is C8H16O2. The Morgan fingerprint density at radius 3 is 1.90 bits per heavy atom. The predicted molar refractivity (Wildman–Crippen MR) is 41.7 cm³/mol. The molecule has 0 fully saturated rings. The van der Waals surface area contributed by atoms with Gasteiger partial charge in [0.05, 0.1) is 13.2 Å². The SMILES string of the molecule is C=C(C)CC(C)(CO)CO. The monoisotopic (exact) mass is 144 g/mol. The van der Waals surface area contributed by atoms with Gasteiger partial charge in [-0.2, -0.15) is 0 Å². The van der Waals surface area contributed by atoms with Crippen LogP contribution in [0.1, 0.15) is 20.3 Å². The molecule has 0 aliphatic rings. The molecule has 0 aromatic carbocycles. The number of aliphatic hydroxyl groups excluding tert-OH is 2. The highest BCUT2D eigenvalue weighted by molar-refractivity contribution is 4.94. The van der Waals surface area contributed by atoms with Crippen molar-refractivity contribution in [2.24, 2.45) is 5.41 Å². The van der Waals surface area contributed by atoms with E-state index in [1.165, 1.54) is 0 Å². The zero-order chi connectivity index (χ0) is 8.20. The van der Waals surface area contributed by atoms with E-state index >= 15 is 0 Å². The molecule has 0 atom stereocenters. The van der Waals surface area contributed by atoms with Crippen LogP contribution in [0.3, 0.4) is 0 Å². The molecular weight excluding hydrogens is 128 g/mol.